The number of piperazine rings is 1. The molecule has 1 aliphatic carbocycles. The molecule has 0 aromatic heterocycles. The van der Waals surface area contributed by atoms with Crippen LogP contribution in [0.5, 0.6) is 0 Å². The quantitative estimate of drug-likeness (QED) is 0.620. The Morgan fingerprint density at radius 2 is 1.62 bits per heavy atom. The van der Waals surface area contributed by atoms with Crippen molar-refractivity contribution in [3.63, 3.8) is 0 Å². The third-order valence-corrected chi connectivity index (χ3v) is 7.00. The van der Waals surface area contributed by atoms with Crippen molar-refractivity contribution in [2.24, 2.45) is 0 Å². The zero-order chi connectivity index (χ0) is 17.2. The van der Waals surface area contributed by atoms with Crippen LogP contribution in [-0.4, -0.2) is 104 Å². The van der Waals surface area contributed by atoms with Crippen molar-refractivity contribution >= 4 is 16.1 Å². The monoisotopic (exact) mass is 360 g/mol. The molecule has 24 heavy (non-hydrogen) atoms. The Hall–Kier alpha value is -0.740. The summed E-state index contributed by atoms with van der Waals surface area (Å²) >= 11 is 0. The van der Waals surface area contributed by atoms with E-state index in [0.29, 0.717) is 65.1 Å². The van der Waals surface area contributed by atoms with Crippen molar-refractivity contribution in [2.75, 3.05) is 65.6 Å². The molecule has 1 saturated carbocycles. The van der Waals surface area contributed by atoms with E-state index < -0.39 is 10.2 Å². The second kappa shape index (κ2) is 7.65. The summed E-state index contributed by atoms with van der Waals surface area (Å²) < 4.78 is 33.5. The molecule has 2 saturated heterocycles. The Morgan fingerprint density at radius 1 is 1.04 bits per heavy atom. The standard InChI is InChI=1S/C15H28N4O4S/c1-2-19(14-3-4-14)15(20)13-16-5-7-17(8-6-16)24(21,22)18-9-11-23-12-10-18/h14H,2-13H2,1H3. The summed E-state index contributed by atoms with van der Waals surface area (Å²) in [7, 11) is -3.40. The van der Waals surface area contributed by atoms with Crippen molar-refractivity contribution in [1.82, 2.24) is 18.4 Å². The average molecular weight is 360 g/mol. The van der Waals surface area contributed by atoms with Crippen LogP contribution in [0.3, 0.4) is 0 Å². The lowest BCUT2D eigenvalue weighted by molar-refractivity contribution is -0.133. The Kier molecular flexibility index (Phi) is 5.76. The van der Waals surface area contributed by atoms with Crippen molar-refractivity contribution in [3.05, 3.63) is 0 Å². The average Bonchev–Trinajstić information content (AvgIpc) is 3.42. The highest BCUT2D eigenvalue weighted by Gasteiger charge is 2.35. The summed E-state index contributed by atoms with van der Waals surface area (Å²) in [5.41, 5.74) is 0. The number of hydrogen-bond acceptors (Lipinski definition) is 5. The Balaban J connectivity index is 1.49. The first-order valence-corrected chi connectivity index (χ1v) is 10.3. The Labute approximate surface area is 144 Å². The number of rotatable bonds is 6. The molecule has 0 N–H and O–H groups in total. The number of hydrogen-bond donors (Lipinski definition) is 0. The van der Waals surface area contributed by atoms with Crippen LogP contribution >= 0.6 is 0 Å². The van der Waals surface area contributed by atoms with Gasteiger partial charge in [-0.3, -0.25) is 9.69 Å². The van der Waals surface area contributed by atoms with Gasteiger partial charge >= 0.3 is 0 Å². The highest BCUT2D eigenvalue weighted by Crippen LogP contribution is 2.26. The molecule has 2 heterocycles. The second-order valence-corrected chi connectivity index (χ2v) is 8.53. The van der Waals surface area contributed by atoms with Gasteiger partial charge in [0, 0.05) is 51.9 Å². The van der Waals surface area contributed by atoms with Crippen LogP contribution < -0.4 is 0 Å². The molecule has 1 amide bonds. The molecule has 0 aromatic rings. The molecule has 8 nitrogen and oxygen atoms in total. The molecule has 138 valence electrons. The van der Waals surface area contributed by atoms with Gasteiger partial charge in [-0.15, -0.1) is 0 Å². The van der Waals surface area contributed by atoms with E-state index in [4.69, 9.17) is 4.74 Å². The highest BCUT2D eigenvalue weighted by molar-refractivity contribution is 7.86. The number of nitrogens with zero attached hydrogens (tertiary/aromatic N) is 4. The summed E-state index contributed by atoms with van der Waals surface area (Å²) in [5.74, 6) is 0.171. The third-order valence-electron chi connectivity index (χ3n) is 4.96. The molecule has 3 aliphatic rings. The molecular formula is C15H28N4O4S. The molecule has 3 fully saturated rings. The highest BCUT2D eigenvalue weighted by atomic mass is 32.2. The van der Waals surface area contributed by atoms with Crippen LogP contribution in [0.25, 0.3) is 0 Å². The first-order valence-electron chi connectivity index (χ1n) is 8.87. The van der Waals surface area contributed by atoms with Crippen LogP contribution in [0.1, 0.15) is 19.8 Å². The normalized spacial score (nSPS) is 24.9. The topological polar surface area (TPSA) is 73.4 Å². The van der Waals surface area contributed by atoms with Gasteiger partial charge in [-0.25, -0.2) is 0 Å². The summed E-state index contributed by atoms with van der Waals surface area (Å²) in [5, 5.41) is 0. The summed E-state index contributed by atoms with van der Waals surface area (Å²) in [6.45, 7) is 7.05. The van der Waals surface area contributed by atoms with Gasteiger partial charge in [0.05, 0.1) is 19.8 Å². The molecule has 0 atom stereocenters. The first-order chi connectivity index (χ1) is 11.5. The van der Waals surface area contributed by atoms with E-state index in [1.165, 1.54) is 8.61 Å². The number of amides is 1. The lowest BCUT2D eigenvalue weighted by Crippen LogP contribution is -2.56. The van der Waals surface area contributed by atoms with Crippen molar-refractivity contribution in [1.29, 1.82) is 0 Å². The lowest BCUT2D eigenvalue weighted by atomic mass is 10.3. The van der Waals surface area contributed by atoms with Gasteiger partial charge in [0.2, 0.25) is 5.91 Å². The van der Waals surface area contributed by atoms with Gasteiger partial charge in [-0.1, -0.05) is 0 Å². The Morgan fingerprint density at radius 3 is 2.17 bits per heavy atom. The van der Waals surface area contributed by atoms with E-state index in [0.717, 1.165) is 19.4 Å². The molecule has 2 aliphatic heterocycles. The van der Waals surface area contributed by atoms with Gasteiger partial charge in [0.1, 0.15) is 0 Å². The van der Waals surface area contributed by atoms with Gasteiger partial charge in [0.25, 0.3) is 10.2 Å². The first kappa shape index (κ1) is 18.1. The number of ether oxygens (including phenoxy) is 1. The predicted molar refractivity (Wildman–Crippen MR) is 89.7 cm³/mol. The molecular weight excluding hydrogens is 332 g/mol. The molecule has 3 rings (SSSR count). The van der Waals surface area contributed by atoms with E-state index in [1.54, 1.807) is 0 Å². The van der Waals surface area contributed by atoms with Crippen LogP contribution in [0.2, 0.25) is 0 Å². The van der Waals surface area contributed by atoms with Crippen LogP contribution in [-0.2, 0) is 19.7 Å². The maximum Gasteiger partial charge on any atom is 0.282 e. The summed E-state index contributed by atoms with van der Waals surface area (Å²) in [4.78, 5) is 16.4. The SMILES string of the molecule is CCN(C(=O)CN1CCN(S(=O)(=O)N2CCOCC2)CC1)C1CC1. The van der Waals surface area contributed by atoms with Gasteiger partial charge in [-0.2, -0.15) is 17.0 Å². The minimum Gasteiger partial charge on any atom is -0.379 e. The number of morpholine rings is 1. The predicted octanol–water partition coefficient (Wildman–Crippen LogP) is -0.808. The minimum absolute atomic E-state index is 0.171. The van der Waals surface area contributed by atoms with Crippen molar-refractivity contribution in [3.8, 4) is 0 Å². The fourth-order valence-corrected chi connectivity index (χ4v) is 4.93. The van der Waals surface area contributed by atoms with E-state index in [1.807, 2.05) is 11.8 Å². The fraction of sp³-hybridized carbons (Fsp3) is 0.933. The Bertz CT molecular complexity index is 538. The van der Waals surface area contributed by atoms with Crippen LogP contribution in [0, 0.1) is 0 Å². The van der Waals surface area contributed by atoms with Gasteiger partial charge in [0.15, 0.2) is 0 Å². The van der Waals surface area contributed by atoms with E-state index >= 15 is 0 Å². The molecule has 0 aromatic carbocycles. The summed E-state index contributed by atoms with van der Waals surface area (Å²) in [6.07, 6.45) is 2.23. The lowest BCUT2D eigenvalue weighted by Gasteiger charge is -2.37. The molecule has 0 radical (unpaired) electrons. The van der Waals surface area contributed by atoms with E-state index in [9.17, 15) is 13.2 Å². The smallest absolute Gasteiger partial charge is 0.282 e. The fourth-order valence-electron chi connectivity index (χ4n) is 3.37. The molecule has 9 heteroatoms. The van der Waals surface area contributed by atoms with Gasteiger partial charge < -0.3 is 9.64 Å². The third kappa shape index (κ3) is 4.08. The number of carbonyl (C=O) groups excluding carboxylic acids is 1. The number of likely N-dealkylation sites (N-methyl/N-ethyl adjacent to an activating group) is 1. The van der Waals surface area contributed by atoms with Crippen LogP contribution in [0.15, 0.2) is 0 Å². The number of carbonyl (C=O) groups is 1. The maximum atomic E-state index is 12.6. The van der Waals surface area contributed by atoms with Crippen molar-refractivity contribution in [2.45, 2.75) is 25.8 Å². The van der Waals surface area contributed by atoms with Gasteiger partial charge in [-0.05, 0) is 19.8 Å². The van der Waals surface area contributed by atoms with Crippen molar-refractivity contribution < 1.29 is 17.9 Å². The van der Waals surface area contributed by atoms with E-state index in [2.05, 4.69) is 4.90 Å². The molecule has 0 spiro atoms. The molecule has 0 unspecified atom stereocenters. The second-order valence-electron chi connectivity index (χ2n) is 6.61. The molecule has 0 bridgehead atoms. The van der Waals surface area contributed by atoms with Crippen LogP contribution in [0.4, 0.5) is 0 Å². The minimum atomic E-state index is -3.40. The zero-order valence-corrected chi connectivity index (χ0v) is 15.2. The van der Waals surface area contributed by atoms with E-state index in [-0.39, 0.29) is 5.91 Å². The summed E-state index contributed by atoms with van der Waals surface area (Å²) in [6, 6.07) is 0.436. The maximum absolute atomic E-state index is 12.6. The largest absolute Gasteiger partial charge is 0.379 e. The zero-order valence-electron chi connectivity index (χ0n) is 14.4.